The Morgan fingerprint density at radius 2 is 2.05 bits per heavy atom. The van der Waals surface area contributed by atoms with Crippen molar-refractivity contribution in [1.29, 1.82) is 0 Å². The number of nitrogens with zero attached hydrogens (tertiary/aromatic N) is 5. The van der Waals surface area contributed by atoms with E-state index in [0.717, 1.165) is 50.2 Å². The molecule has 1 aliphatic carbocycles. The Balaban J connectivity index is 1.27. The number of nitrogen functional groups attached to an aromatic ring is 1. The van der Waals surface area contributed by atoms with Crippen LogP contribution in [0.3, 0.4) is 0 Å². The van der Waals surface area contributed by atoms with Crippen LogP contribution in [0.1, 0.15) is 65.5 Å². The van der Waals surface area contributed by atoms with Gasteiger partial charge < -0.3 is 16.4 Å². The first-order valence-corrected chi connectivity index (χ1v) is 13.4. The number of aromatic nitrogens is 5. The molecule has 0 bridgehead atoms. The Morgan fingerprint density at radius 3 is 2.89 bits per heavy atom. The van der Waals surface area contributed by atoms with Crippen molar-refractivity contribution >= 4 is 11.7 Å². The van der Waals surface area contributed by atoms with Gasteiger partial charge in [-0.15, -0.1) is 5.10 Å². The molecule has 2 aromatic heterocycles. The summed E-state index contributed by atoms with van der Waals surface area (Å²) in [5.74, 6) is 1.92. The lowest BCUT2D eigenvalue weighted by Gasteiger charge is -2.21. The fraction of sp³-hybridized carbons (Fsp3) is 0.345. The second kappa shape index (κ2) is 10.3. The van der Waals surface area contributed by atoms with E-state index in [1.54, 1.807) is 6.20 Å². The van der Waals surface area contributed by atoms with Crippen molar-refractivity contribution in [2.75, 3.05) is 18.8 Å². The quantitative estimate of drug-likeness (QED) is 0.361. The van der Waals surface area contributed by atoms with E-state index in [1.165, 1.54) is 11.1 Å². The molecule has 38 heavy (non-hydrogen) atoms. The van der Waals surface area contributed by atoms with Gasteiger partial charge in [-0.2, -0.15) is 0 Å². The number of nitrogens with one attached hydrogen (secondary N) is 2. The molecular weight excluding hydrogens is 476 g/mol. The van der Waals surface area contributed by atoms with Gasteiger partial charge in [0.25, 0.3) is 5.91 Å². The van der Waals surface area contributed by atoms with Crippen LogP contribution in [0.25, 0.3) is 22.8 Å². The number of carbonyl (C=O) groups is 1. The molecule has 1 unspecified atom stereocenters. The molecule has 4 aromatic rings. The number of rotatable bonds is 6. The van der Waals surface area contributed by atoms with Crippen molar-refractivity contribution in [3.63, 3.8) is 0 Å². The molecule has 1 saturated heterocycles. The third kappa shape index (κ3) is 4.65. The summed E-state index contributed by atoms with van der Waals surface area (Å²) in [7, 11) is 0. The normalized spacial score (nSPS) is 18.8. The Hall–Kier alpha value is -4.11. The maximum Gasteiger partial charge on any atom is 0.251 e. The Labute approximate surface area is 221 Å². The molecule has 0 radical (unpaired) electrons. The lowest BCUT2D eigenvalue weighted by molar-refractivity contribution is 0.0936. The van der Waals surface area contributed by atoms with Crippen LogP contribution in [0.5, 0.6) is 0 Å². The van der Waals surface area contributed by atoms with Crippen LogP contribution in [0, 0.1) is 0 Å². The van der Waals surface area contributed by atoms with Crippen molar-refractivity contribution in [3.05, 3.63) is 77.2 Å². The van der Waals surface area contributed by atoms with Crippen molar-refractivity contribution in [1.82, 2.24) is 35.4 Å². The molecule has 0 spiro atoms. The molecular formula is C29H32N8O. The number of benzene rings is 2. The number of carbonyl (C=O) groups excluding carboxylic acids is 1. The van der Waals surface area contributed by atoms with Crippen LogP contribution >= 0.6 is 0 Å². The summed E-state index contributed by atoms with van der Waals surface area (Å²) in [6.45, 7) is 4.70. The average Bonchev–Trinajstić information content (AvgIpc) is 3.58. The minimum Gasteiger partial charge on any atom is -0.382 e. The topological polar surface area (TPSA) is 124 Å². The fourth-order valence-electron chi connectivity index (χ4n) is 5.53. The molecule has 6 rings (SSSR count). The van der Waals surface area contributed by atoms with Gasteiger partial charge in [-0.3, -0.25) is 4.79 Å². The largest absolute Gasteiger partial charge is 0.382 e. The highest BCUT2D eigenvalue weighted by molar-refractivity contribution is 5.95. The van der Waals surface area contributed by atoms with E-state index < -0.39 is 0 Å². The summed E-state index contributed by atoms with van der Waals surface area (Å²) in [6.07, 6.45) is 5.71. The molecule has 4 N–H and O–H groups in total. The van der Waals surface area contributed by atoms with Gasteiger partial charge in [0.1, 0.15) is 5.82 Å². The van der Waals surface area contributed by atoms with E-state index >= 15 is 0 Å². The number of anilines is 1. The first-order chi connectivity index (χ1) is 18.6. The molecule has 2 aliphatic rings. The molecule has 1 fully saturated rings. The highest BCUT2D eigenvalue weighted by atomic mass is 16.1. The lowest BCUT2D eigenvalue weighted by atomic mass is 9.99. The highest BCUT2D eigenvalue weighted by Crippen LogP contribution is 2.31. The van der Waals surface area contributed by atoms with Gasteiger partial charge in [-0.1, -0.05) is 36.4 Å². The minimum absolute atomic E-state index is 0.0265. The van der Waals surface area contributed by atoms with Gasteiger partial charge >= 0.3 is 0 Å². The number of fused-ring (bicyclic) bond motifs is 1. The number of nitrogens with two attached hydrogens (primary N) is 1. The van der Waals surface area contributed by atoms with E-state index in [4.69, 9.17) is 20.8 Å². The van der Waals surface area contributed by atoms with Gasteiger partial charge in [0.2, 0.25) is 5.82 Å². The van der Waals surface area contributed by atoms with Crippen molar-refractivity contribution < 1.29 is 4.79 Å². The molecule has 2 aromatic carbocycles. The van der Waals surface area contributed by atoms with E-state index in [9.17, 15) is 4.79 Å². The van der Waals surface area contributed by atoms with Crippen LogP contribution in [0.4, 0.5) is 5.82 Å². The summed E-state index contributed by atoms with van der Waals surface area (Å²) in [5.41, 5.74) is 11.2. The first-order valence-electron chi connectivity index (χ1n) is 13.4. The Bertz CT molecular complexity index is 1470. The predicted molar refractivity (Wildman–Crippen MR) is 146 cm³/mol. The Kier molecular flexibility index (Phi) is 6.59. The summed E-state index contributed by atoms with van der Waals surface area (Å²) in [5, 5.41) is 11.4. The van der Waals surface area contributed by atoms with Crippen molar-refractivity contribution in [3.8, 4) is 22.8 Å². The molecule has 3 heterocycles. The van der Waals surface area contributed by atoms with E-state index in [2.05, 4.69) is 34.7 Å². The predicted octanol–water partition coefficient (Wildman–Crippen LogP) is 3.89. The van der Waals surface area contributed by atoms with Crippen LogP contribution < -0.4 is 16.4 Å². The third-order valence-corrected chi connectivity index (χ3v) is 7.53. The van der Waals surface area contributed by atoms with Crippen molar-refractivity contribution in [2.24, 2.45) is 0 Å². The van der Waals surface area contributed by atoms with Gasteiger partial charge in [-0.05, 0) is 62.4 Å². The second-order valence-electron chi connectivity index (χ2n) is 9.99. The number of hydrogen-bond acceptors (Lipinski definition) is 7. The molecule has 194 valence electrons. The SMILES string of the molecule is CCn1nc(-c2nc(-c3cccc(C(=O)N[C@H]4CCc5ccccc54)c3)cnc2N)nc1C1CCCNC1. The van der Waals surface area contributed by atoms with Gasteiger partial charge in [0, 0.05) is 30.1 Å². The summed E-state index contributed by atoms with van der Waals surface area (Å²) >= 11 is 0. The molecule has 2 atom stereocenters. The molecule has 9 nitrogen and oxygen atoms in total. The van der Waals surface area contributed by atoms with Crippen LogP contribution in [-0.4, -0.2) is 43.7 Å². The monoisotopic (exact) mass is 508 g/mol. The number of amides is 1. The zero-order valence-corrected chi connectivity index (χ0v) is 21.5. The average molecular weight is 509 g/mol. The van der Waals surface area contributed by atoms with E-state index in [0.29, 0.717) is 35.2 Å². The number of hydrogen-bond donors (Lipinski definition) is 3. The second-order valence-corrected chi connectivity index (χ2v) is 9.99. The minimum atomic E-state index is -0.105. The lowest BCUT2D eigenvalue weighted by Crippen LogP contribution is -2.30. The Morgan fingerprint density at radius 1 is 1.16 bits per heavy atom. The molecule has 1 amide bonds. The summed E-state index contributed by atoms with van der Waals surface area (Å²) < 4.78 is 1.94. The summed E-state index contributed by atoms with van der Waals surface area (Å²) in [6, 6.07) is 15.8. The maximum atomic E-state index is 13.2. The third-order valence-electron chi connectivity index (χ3n) is 7.53. The van der Waals surface area contributed by atoms with Crippen LogP contribution in [0.2, 0.25) is 0 Å². The smallest absolute Gasteiger partial charge is 0.251 e. The first kappa shape index (κ1) is 24.2. The van der Waals surface area contributed by atoms with Gasteiger partial charge in [0.15, 0.2) is 11.5 Å². The number of aryl methyl sites for hydroxylation is 2. The van der Waals surface area contributed by atoms with Gasteiger partial charge in [-0.25, -0.2) is 19.6 Å². The van der Waals surface area contributed by atoms with Gasteiger partial charge in [0.05, 0.1) is 17.9 Å². The van der Waals surface area contributed by atoms with E-state index in [1.807, 2.05) is 41.1 Å². The van der Waals surface area contributed by atoms with Crippen LogP contribution in [0.15, 0.2) is 54.7 Å². The fourth-order valence-corrected chi connectivity index (χ4v) is 5.53. The maximum absolute atomic E-state index is 13.2. The highest BCUT2D eigenvalue weighted by Gasteiger charge is 2.25. The van der Waals surface area contributed by atoms with E-state index in [-0.39, 0.29) is 17.8 Å². The van der Waals surface area contributed by atoms with Crippen molar-refractivity contribution in [2.45, 2.75) is 51.1 Å². The zero-order valence-electron chi connectivity index (χ0n) is 21.5. The molecule has 9 heteroatoms. The summed E-state index contributed by atoms with van der Waals surface area (Å²) in [4.78, 5) is 27.2. The van der Waals surface area contributed by atoms with Crippen LogP contribution in [-0.2, 0) is 13.0 Å². The number of piperidine rings is 1. The zero-order chi connectivity index (χ0) is 26.1. The molecule has 1 aliphatic heterocycles. The standard InChI is InChI=1S/C29H32N8O/c1-2-37-28(21-10-6-14-31-16-21)35-27(36-37)25-26(30)32-17-24(33-25)19-8-5-9-20(15-19)29(38)34-23-13-12-18-7-3-4-11-22(18)23/h3-5,7-9,11,15,17,21,23,31H,2,6,10,12-14,16H2,1H3,(H2,30,32)(H,34,38)/t21?,23-/m0/s1. The molecule has 0 saturated carbocycles.